The molecule has 0 radical (unpaired) electrons. The van der Waals surface area contributed by atoms with Crippen LogP contribution in [-0.2, 0) is 27.2 Å². The number of carbonyl (C=O) groups is 3. The average molecular weight is 693 g/mol. The minimum atomic E-state index is -0.674. The second-order valence-corrected chi connectivity index (χ2v) is 12.1. The van der Waals surface area contributed by atoms with Gasteiger partial charge in [0.2, 0.25) is 5.91 Å². The zero-order valence-electron chi connectivity index (χ0n) is 27.7. The third-order valence-electron chi connectivity index (χ3n) is 8.32. The number of aliphatic imine (C=N–C) groups is 1. The molecule has 1 fully saturated rings. The molecule has 0 aliphatic carbocycles. The molecule has 3 aromatic rings. The molecule has 262 valence electrons. The third-order valence-corrected chi connectivity index (χ3v) is 8.60. The Morgan fingerprint density at radius 3 is 2.22 bits per heavy atom. The first-order valence-electron chi connectivity index (χ1n) is 16.3. The van der Waals surface area contributed by atoms with E-state index < -0.39 is 11.9 Å². The molecule has 1 aliphatic heterocycles. The van der Waals surface area contributed by atoms with Crippen LogP contribution in [-0.4, -0.2) is 95.9 Å². The summed E-state index contributed by atoms with van der Waals surface area (Å²) in [6, 6.07) is 16.0. The van der Waals surface area contributed by atoms with E-state index in [0.717, 1.165) is 48.9 Å². The van der Waals surface area contributed by atoms with Gasteiger partial charge in [0, 0.05) is 32.6 Å². The van der Waals surface area contributed by atoms with Crippen LogP contribution in [0.2, 0.25) is 5.15 Å². The van der Waals surface area contributed by atoms with Crippen molar-refractivity contribution in [1.82, 2.24) is 25.1 Å². The number of nitrogens with one attached hydrogen (secondary N) is 1. The normalized spacial score (nSPS) is 15.2. The van der Waals surface area contributed by atoms with E-state index in [4.69, 9.17) is 39.3 Å². The number of aromatic nitrogens is 2. The van der Waals surface area contributed by atoms with Crippen molar-refractivity contribution in [3.05, 3.63) is 70.5 Å². The molecule has 0 spiro atoms. The van der Waals surface area contributed by atoms with Gasteiger partial charge in [-0.25, -0.2) is 14.8 Å². The van der Waals surface area contributed by atoms with Crippen LogP contribution in [0, 0.1) is 0 Å². The molecule has 0 unspecified atom stereocenters. The SMILES string of the molecule is COC(=O)[C@@H]1CN(CCCN)CCN1C(=O)CCc1ccc(-c2ccc(CCCCN=C(N)NC(=O)c3nc(Cl)c(N)nc3N)cc2)cc1. The average Bonchev–Trinajstić information content (AvgIpc) is 3.11. The van der Waals surface area contributed by atoms with Gasteiger partial charge in [-0.15, -0.1) is 0 Å². The Bertz CT molecular complexity index is 1620. The standard InChI is InChI=1S/C34H45ClN10O4/c1-49-33(48)26-21-44(18-4-16-36)19-20-45(26)27(46)15-10-23-8-13-25(14-9-23)24-11-6-22(7-12-24)5-2-3-17-40-34(39)43-32(47)28-30(37)42-31(38)29(35)41-28/h6-9,11-14,26H,2-5,10,15-21,36H2,1H3,(H4,37,38,42)(H3,39,40,43,47)/t26-/m0/s1. The van der Waals surface area contributed by atoms with Crippen LogP contribution in [0.5, 0.6) is 0 Å². The lowest BCUT2D eigenvalue weighted by atomic mass is 9.99. The fourth-order valence-corrected chi connectivity index (χ4v) is 5.71. The molecule has 15 heteroatoms. The van der Waals surface area contributed by atoms with Gasteiger partial charge in [0.15, 0.2) is 28.4 Å². The molecule has 2 amide bonds. The Labute approximate surface area is 291 Å². The van der Waals surface area contributed by atoms with Crippen LogP contribution >= 0.6 is 11.6 Å². The van der Waals surface area contributed by atoms with E-state index in [9.17, 15) is 14.4 Å². The second kappa shape index (κ2) is 18.1. The quantitative estimate of drug-likeness (QED) is 0.0711. The highest BCUT2D eigenvalue weighted by atomic mass is 35.5. The summed E-state index contributed by atoms with van der Waals surface area (Å²) >= 11 is 5.83. The molecule has 49 heavy (non-hydrogen) atoms. The maximum atomic E-state index is 13.1. The van der Waals surface area contributed by atoms with Crippen molar-refractivity contribution in [2.75, 3.05) is 57.8 Å². The summed E-state index contributed by atoms with van der Waals surface area (Å²) in [4.78, 5) is 53.6. The molecule has 4 rings (SSSR count). The number of benzene rings is 2. The number of unbranched alkanes of at least 4 members (excludes halogenated alkanes) is 1. The molecule has 1 aliphatic rings. The number of nitrogens with zero attached hydrogens (tertiary/aromatic N) is 5. The lowest BCUT2D eigenvalue weighted by Gasteiger charge is -2.40. The summed E-state index contributed by atoms with van der Waals surface area (Å²) in [5, 5.41) is 2.30. The fourth-order valence-electron chi connectivity index (χ4n) is 5.58. The summed E-state index contributed by atoms with van der Waals surface area (Å²) in [6.07, 6.45) is 4.27. The zero-order valence-corrected chi connectivity index (χ0v) is 28.5. The second-order valence-electron chi connectivity index (χ2n) is 11.8. The van der Waals surface area contributed by atoms with Crippen LogP contribution in [0.25, 0.3) is 11.1 Å². The van der Waals surface area contributed by atoms with Crippen molar-refractivity contribution in [3.8, 4) is 11.1 Å². The van der Waals surface area contributed by atoms with Crippen LogP contribution in [0.15, 0.2) is 53.5 Å². The van der Waals surface area contributed by atoms with E-state index in [1.54, 1.807) is 4.90 Å². The van der Waals surface area contributed by atoms with Crippen molar-refractivity contribution in [1.29, 1.82) is 0 Å². The van der Waals surface area contributed by atoms with Gasteiger partial charge in [-0.3, -0.25) is 24.8 Å². The number of hydrogen-bond donors (Lipinski definition) is 5. The van der Waals surface area contributed by atoms with Gasteiger partial charge in [-0.05, 0) is 67.4 Å². The Morgan fingerprint density at radius 1 is 0.939 bits per heavy atom. The largest absolute Gasteiger partial charge is 0.467 e. The number of guanidine groups is 1. The van der Waals surface area contributed by atoms with Crippen molar-refractivity contribution >= 4 is 47.0 Å². The molecule has 0 bridgehead atoms. The Hall–Kier alpha value is -4.79. The highest BCUT2D eigenvalue weighted by molar-refractivity contribution is 6.31. The van der Waals surface area contributed by atoms with Gasteiger partial charge in [-0.2, -0.15) is 0 Å². The first kappa shape index (κ1) is 37.0. The molecule has 2 heterocycles. The molecule has 1 aromatic heterocycles. The Balaban J connectivity index is 1.20. The molecule has 9 N–H and O–H groups in total. The van der Waals surface area contributed by atoms with Crippen LogP contribution < -0.4 is 28.3 Å². The Morgan fingerprint density at radius 2 is 1.59 bits per heavy atom. The lowest BCUT2D eigenvalue weighted by molar-refractivity contribution is -0.156. The van der Waals surface area contributed by atoms with Crippen molar-refractivity contribution in [2.24, 2.45) is 16.5 Å². The van der Waals surface area contributed by atoms with Gasteiger partial charge < -0.3 is 32.6 Å². The molecular weight excluding hydrogens is 648 g/mol. The fraction of sp³-hybridized carbons (Fsp3) is 0.412. The topological polar surface area (TPSA) is 221 Å². The first-order valence-corrected chi connectivity index (χ1v) is 16.6. The van der Waals surface area contributed by atoms with Crippen LogP contribution in [0.4, 0.5) is 11.6 Å². The monoisotopic (exact) mass is 692 g/mol. The van der Waals surface area contributed by atoms with E-state index in [0.29, 0.717) is 45.6 Å². The van der Waals surface area contributed by atoms with E-state index in [-0.39, 0.29) is 40.3 Å². The number of carbonyl (C=O) groups excluding carboxylic acids is 3. The van der Waals surface area contributed by atoms with E-state index in [1.165, 1.54) is 12.7 Å². The van der Waals surface area contributed by atoms with Gasteiger partial charge in [-0.1, -0.05) is 60.1 Å². The first-order chi connectivity index (χ1) is 23.6. The van der Waals surface area contributed by atoms with Crippen LogP contribution in [0.1, 0.15) is 47.3 Å². The number of anilines is 2. The Kier molecular flexibility index (Phi) is 13.7. The number of halogens is 1. The number of esters is 1. The molecule has 0 saturated carbocycles. The van der Waals surface area contributed by atoms with Gasteiger partial charge >= 0.3 is 5.97 Å². The van der Waals surface area contributed by atoms with E-state index >= 15 is 0 Å². The smallest absolute Gasteiger partial charge is 0.329 e. The van der Waals surface area contributed by atoms with Gasteiger partial charge in [0.05, 0.1) is 7.11 Å². The molecular formula is C34H45ClN10O4. The minimum absolute atomic E-state index is 0.0448. The number of aryl methyl sites for hydroxylation is 2. The number of hydrogen-bond acceptors (Lipinski definition) is 11. The minimum Gasteiger partial charge on any atom is -0.467 e. The van der Waals surface area contributed by atoms with E-state index in [2.05, 4.69) is 61.6 Å². The molecule has 2 aromatic carbocycles. The summed E-state index contributed by atoms with van der Waals surface area (Å²) in [6.45, 7) is 3.50. The zero-order chi connectivity index (χ0) is 35.3. The summed E-state index contributed by atoms with van der Waals surface area (Å²) < 4.78 is 5.00. The van der Waals surface area contributed by atoms with Crippen molar-refractivity contribution in [3.63, 3.8) is 0 Å². The number of rotatable bonds is 14. The van der Waals surface area contributed by atoms with Gasteiger partial charge in [0.25, 0.3) is 5.91 Å². The third kappa shape index (κ3) is 10.6. The van der Waals surface area contributed by atoms with E-state index in [1.807, 2.05) is 12.1 Å². The predicted molar refractivity (Wildman–Crippen MR) is 191 cm³/mol. The number of piperazine rings is 1. The maximum Gasteiger partial charge on any atom is 0.329 e. The number of nitrogen functional groups attached to an aromatic ring is 2. The van der Waals surface area contributed by atoms with Crippen molar-refractivity contribution in [2.45, 2.75) is 44.6 Å². The highest BCUT2D eigenvalue weighted by Gasteiger charge is 2.35. The van der Waals surface area contributed by atoms with Crippen LogP contribution in [0.3, 0.4) is 0 Å². The summed E-state index contributed by atoms with van der Waals surface area (Å²) in [5.74, 6) is -1.38. The number of nitrogens with two attached hydrogens (primary N) is 4. The van der Waals surface area contributed by atoms with Crippen molar-refractivity contribution < 1.29 is 19.1 Å². The number of ether oxygens (including phenoxy) is 1. The van der Waals surface area contributed by atoms with Gasteiger partial charge in [0.1, 0.15) is 6.04 Å². The lowest BCUT2D eigenvalue weighted by Crippen LogP contribution is -2.58. The molecule has 1 atom stereocenters. The number of amides is 2. The maximum absolute atomic E-state index is 13.1. The molecule has 14 nitrogen and oxygen atoms in total. The number of methoxy groups -OCH3 is 1. The summed E-state index contributed by atoms with van der Waals surface area (Å²) in [5.41, 5.74) is 27.0. The predicted octanol–water partition coefficient (Wildman–Crippen LogP) is 2.00. The highest BCUT2D eigenvalue weighted by Crippen LogP contribution is 2.22. The molecule has 1 saturated heterocycles. The summed E-state index contributed by atoms with van der Waals surface area (Å²) in [7, 11) is 1.36.